The summed E-state index contributed by atoms with van der Waals surface area (Å²) in [5, 5.41) is 10.4. The highest BCUT2D eigenvalue weighted by atomic mass is 15.2. The Hall–Kier alpha value is -15.4. The molecule has 0 aromatic heterocycles. The van der Waals surface area contributed by atoms with Crippen molar-refractivity contribution in [2.75, 3.05) is 19.6 Å². The molecule has 0 spiro atoms. The second-order valence-corrected chi connectivity index (χ2v) is 40.6. The van der Waals surface area contributed by atoms with Crippen LogP contribution in [0.25, 0.3) is 87.6 Å². The van der Waals surface area contributed by atoms with Crippen LogP contribution >= 0.6 is 0 Å². The van der Waals surface area contributed by atoms with E-state index in [9.17, 15) is 0 Å². The SMILES string of the molecule is Cc1cc(-c2cc(N(c3ccccc3)c3ccccc3)cc3ccccc23)cc2c1C1CCC2C1.c1ccc(N(c2ccccc2)c2cc(-c3ccc4c(c3)C3CCC4C3)c3ccccc3c2)cc1.c1ccc(N(c2ccccc2)c2cc(-c3ccc4c(c3)C3CCC4CC3)c3ccccc3c2)cc1.c1ccc(N(c2ccccc2)c2cc(-c3ccc4c(c3)C3CCCC4CC3)c3ccccc3c2)cc1. The lowest BCUT2D eigenvalue weighted by atomic mass is 9.66. The van der Waals surface area contributed by atoms with Gasteiger partial charge in [0.05, 0.1) is 0 Å². The Morgan fingerprint density at radius 3 is 0.707 bits per heavy atom. The smallest absolute Gasteiger partial charge is 0.0474 e. The zero-order valence-electron chi connectivity index (χ0n) is 79.8. The third-order valence-electron chi connectivity index (χ3n) is 32.5. The third kappa shape index (κ3) is 16.6. The average Bonchev–Trinajstić information content (AvgIpc) is 1.43. The molecule has 0 saturated heterocycles. The van der Waals surface area contributed by atoms with Gasteiger partial charge >= 0.3 is 0 Å². The lowest BCUT2D eigenvalue weighted by molar-refractivity contribution is 0.359. The number of hydrogen-bond donors (Lipinski definition) is 0. The highest BCUT2D eigenvalue weighted by Crippen LogP contribution is 2.59. The summed E-state index contributed by atoms with van der Waals surface area (Å²) in [5.74, 6) is 6.13. The molecule has 140 heavy (non-hydrogen) atoms. The van der Waals surface area contributed by atoms with Gasteiger partial charge in [0, 0.05) is 68.2 Å². The maximum atomic E-state index is 2.54. The molecular weight excluding hydrogens is 1690 g/mol. The van der Waals surface area contributed by atoms with Gasteiger partial charge in [0.2, 0.25) is 0 Å². The lowest BCUT2D eigenvalue weighted by Crippen LogP contribution is -2.21. The van der Waals surface area contributed by atoms with Crippen molar-refractivity contribution < 1.29 is 0 Å². The summed E-state index contributed by atoms with van der Waals surface area (Å²) in [5.41, 5.74) is 39.2. The maximum Gasteiger partial charge on any atom is 0.0474 e. The van der Waals surface area contributed by atoms with Crippen molar-refractivity contribution in [3.8, 4) is 44.5 Å². The second-order valence-electron chi connectivity index (χ2n) is 40.6. The minimum atomic E-state index is 0.735. The van der Waals surface area contributed by atoms with E-state index >= 15 is 0 Å². The van der Waals surface area contributed by atoms with Crippen molar-refractivity contribution in [2.45, 2.75) is 151 Å². The van der Waals surface area contributed by atoms with E-state index in [4.69, 9.17) is 0 Å². The van der Waals surface area contributed by atoms with Crippen molar-refractivity contribution >= 4 is 111 Å². The molecule has 0 amide bonds. The fourth-order valence-corrected chi connectivity index (χ4v) is 26.0. The summed E-state index contributed by atoms with van der Waals surface area (Å²) in [7, 11) is 0. The zero-order chi connectivity index (χ0) is 92.9. The van der Waals surface area contributed by atoms with E-state index in [0.29, 0.717) is 0 Å². The standard InChI is InChI=1S/C35H31N.2C34H29N.C33H27N/c1-3-13-29(14-4-1)36(30-15-5-2-6-16-30)31-22-27-10-7-8-17-32(27)35(24-31)28-20-21-33-25-11-9-12-26(19-18-25)34(33)23-28;1-23-18-27(21-33-25-16-17-26(19-25)34(23)33)32-22-30(20-24-10-8-9-15-31(24)32)35(28-11-4-2-5-12-28)29-13-6-3-7-14-29;1-3-10-28(11-4-1)35(29-12-5-2-6-13-29)30-21-26-9-7-8-14-31(26)34(23-30)27-19-20-32-24-15-17-25(18-16-24)33(32)22-27;1-3-10-27(11-4-1)34(28-12-5-2-6-13-28)29-20-23-9-7-8-14-30(23)33(22-29)26-17-18-31-24-15-16-25(19-24)32(31)21-26/h1-8,10,13-17,20-26H,9,11-12,18-19H2;2-15,18,20-22,25-26H,16-17,19H2,1H3;1-14,19-25H,15-18H2;1-14,17-18,20-22,24-25H,15-16,19H2. The molecule has 0 N–H and O–H groups in total. The number of aryl methyl sites for hydroxylation is 1. The molecule has 4 heteroatoms. The number of rotatable bonds is 16. The molecule has 680 valence electrons. The summed E-state index contributed by atoms with van der Waals surface area (Å²) >= 11 is 0. The quantitative estimate of drug-likeness (QED) is 0.0956. The molecule has 0 heterocycles. The molecule has 20 aromatic carbocycles. The van der Waals surface area contributed by atoms with Gasteiger partial charge in [0.15, 0.2) is 0 Å². The monoisotopic (exact) mass is 1800 g/mol. The van der Waals surface area contributed by atoms with Crippen LogP contribution in [0.2, 0.25) is 0 Å². The van der Waals surface area contributed by atoms with Crippen molar-refractivity contribution in [2.24, 2.45) is 0 Å². The van der Waals surface area contributed by atoms with E-state index in [2.05, 4.69) is 482 Å². The number of fused-ring (bicyclic) bond motifs is 19. The number of hydrogen-bond acceptors (Lipinski definition) is 4. The predicted octanol–water partition coefficient (Wildman–Crippen LogP) is 38.8. The fraction of sp³-hybridized carbons (Fsp3) is 0.176. The molecular formula is C136H116N4. The van der Waals surface area contributed by atoms with Crippen LogP contribution in [-0.2, 0) is 0 Å². The van der Waals surface area contributed by atoms with Gasteiger partial charge in [-0.1, -0.05) is 316 Å². The van der Waals surface area contributed by atoms with Crippen molar-refractivity contribution in [1.29, 1.82) is 0 Å². The minimum absolute atomic E-state index is 0.735. The molecule has 4 saturated carbocycles. The molecule has 0 aliphatic heterocycles. The number of anilines is 12. The van der Waals surface area contributed by atoms with Crippen LogP contribution in [0.1, 0.15) is 194 Å². The van der Waals surface area contributed by atoms with Crippen LogP contribution in [0, 0.1) is 6.92 Å². The van der Waals surface area contributed by atoms with Gasteiger partial charge in [-0.15, -0.1) is 0 Å². The Morgan fingerprint density at radius 1 is 0.164 bits per heavy atom. The van der Waals surface area contributed by atoms with E-state index in [1.807, 2.05) is 0 Å². The van der Waals surface area contributed by atoms with Crippen LogP contribution in [0.4, 0.5) is 68.2 Å². The van der Waals surface area contributed by atoms with Crippen LogP contribution in [-0.4, -0.2) is 0 Å². The summed E-state index contributed by atoms with van der Waals surface area (Å²) in [6.45, 7) is 2.33. The Morgan fingerprint density at radius 2 is 0.386 bits per heavy atom. The van der Waals surface area contributed by atoms with Crippen LogP contribution in [0.3, 0.4) is 0 Å². The summed E-state index contributed by atoms with van der Waals surface area (Å²) in [6.07, 6.45) is 20.5. The molecule has 6 unspecified atom stereocenters. The average molecular weight is 1810 g/mol. The molecule has 4 fully saturated rings. The first-order chi connectivity index (χ1) is 69.3. The van der Waals surface area contributed by atoms with E-state index in [1.54, 1.807) is 44.5 Å². The van der Waals surface area contributed by atoms with Crippen LogP contribution < -0.4 is 19.6 Å². The molecule has 8 bridgehead atoms. The van der Waals surface area contributed by atoms with E-state index in [0.717, 1.165) is 47.3 Å². The maximum absolute atomic E-state index is 2.54. The van der Waals surface area contributed by atoms with Gasteiger partial charge in [0.25, 0.3) is 0 Å². The molecule has 4 nitrogen and oxygen atoms in total. The van der Waals surface area contributed by atoms with Crippen molar-refractivity contribution in [3.63, 3.8) is 0 Å². The highest BCUT2D eigenvalue weighted by Gasteiger charge is 2.40. The first-order valence-electron chi connectivity index (χ1n) is 51.6. The van der Waals surface area contributed by atoms with Crippen molar-refractivity contribution in [3.05, 3.63) is 505 Å². The fourth-order valence-electron chi connectivity index (χ4n) is 26.0. The van der Waals surface area contributed by atoms with Gasteiger partial charge < -0.3 is 19.6 Å². The van der Waals surface area contributed by atoms with E-state index < -0.39 is 0 Å². The molecule has 10 aliphatic rings. The molecule has 30 rings (SSSR count). The molecule has 10 aliphatic carbocycles. The summed E-state index contributed by atoms with van der Waals surface area (Å²) in [6, 6.07) is 167. The first kappa shape index (κ1) is 86.2. The Kier molecular flexibility index (Phi) is 23.3. The minimum Gasteiger partial charge on any atom is -0.310 e. The summed E-state index contributed by atoms with van der Waals surface area (Å²) < 4.78 is 0. The number of para-hydroxylation sites is 8. The van der Waals surface area contributed by atoms with Crippen LogP contribution in [0.5, 0.6) is 0 Å². The van der Waals surface area contributed by atoms with E-state index in [1.165, 1.54) is 258 Å². The Labute approximate surface area is 825 Å². The Balaban J connectivity index is 0.0000000985. The van der Waals surface area contributed by atoms with Gasteiger partial charge in [-0.25, -0.2) is 0 Å². The van der Waals surface area contributed by atoms with E-state index in [-0.39, 0.29) is 0 Å². The van der Waals surface area contributed by atoms with Crippen molar-refractivity contribution in [1.82, 2.24) is 0 Å². The predicted molar refractivity (Wildman–Crippen MR) is 592 cm³/mol. The van der Waals surface area contributed by atoms with Crippen LogP contribution in [0.15, 0.2) is 455 Å². The summed E-state index contributed by atoms with van der Waals surface area (Å²) in [4.78, 5) is 9.49. The largest absolute Gasteiger partial charge is 0.310 e. The molecule has 0 radical (unpaired) electrons. The third-order valence-corrected chi connectivity index (χ3v) is 32.5. The second kappa shape index (κ2) is 37.9. The highest BCUT2D eigenvalue weighted by molar-refractivity contribution is 6.06. The lowest BCUT2D eigenvalue weighted by Gasteiger charge is -2.38. The molecule has 20 aromatic rings. The molecule has 6 atom stereocenters. The number of benzene rings is 20. The Bertz CT molecular complexity index is 7750. The van der Waals surface area contributed by atoms with Gasteiger partial charge in [-0.05, 0) is 427 Å². The van der Waals surface area contributed by atoms with Gasteiger partial charge in [-0.3, -0.25) is 0 Å². The topological polar surface area (TPSA) is 13.0 Å². The normalized spacial score (nSPS) is 18.3. The first-order valence-corrected chi connectivity index (χ1v) is 51.6. The van der Waals surface area contributed by atoms with Gasteiger partial charge in [-0.2, -0.15) is 0 Å². The zero-order valence-corrected chi connectivity index (χ0v) is 79.8. The van der Waals surface area contributed by atoms with Gasteiger partial charge in [0.1, 0.15) is 0 Å². The number of nitrogens with zero attached hydrogens (tertiary/aromatic N) is 4.